The van der Waals surface area contributed by atoms with Crippen molar-refractivity contribution in [1.82, 2.24) is 9.47 Å². The lowest BCUT2D eigenvalue weighted by Gasteiger charge is -2.20. The van der Waals surface area contributed by atoms with E-state index in [1.807, 2.05) is 19.9 Å². The molecule has 6 heteroatoms. The predicted molar refractivity (Wildman–Crippen MR) is 137 cm³/mol. The second-order valence-corrected chi connectivity index (χ2v) is 10.5. The SMILES string of the molecule is Cc1cc(/C=C2/SC(=O)N(Cc3ccccc3C#N)C2=O)c(C)n1-c1ccc(C(C)(C)C)cc1. The summed E-state index contributed by atoms with van der Waals surface area (Å²) in [4.78, 5) is 27.3. The third-order valence-electron chi connectivity index (χ3n) is 6.09. The summed E-state index contributed by atoms with van der Waals surface area (Å²) in [5, 5.41) is 9.00. The van der Waals surface area contributed by atoms with E-state index in [1.54, 1.807) is 30.3 Å². The van der Waals surface area contributed by atoms with Crippen LogP contribution in [0.15, 0.2) is 59.5 Å². The number of aryl methyl sites for hydroxylation is 1. The highest BCUT2D eigenvalue weighted by Crippen LogP contribution is 2.35. The van der Waals surface area contributed by atoms with Crippen LogP contribution in [-0.2, 0) is 16.8 Å². The highest BCUT2D eigenvalue weighted by atomic mass is 32.2. The van der Waals surface area contributed by atoms with E-state index in [2.05, 4.69) is 55.7 Å². The number of nitriles is 1. The Morgan fingerprint density at radius 2 is 1.71 bits per heavy atom. The van der Waals surface area contributed by atoms with Gasteiger partial charge in [-0.25, -0.2) is 0 Å². The first-order valence-corrected chi connectivity index (χ1v) is 11.9. The Morgan fingerprint density at radius 3 is 2.35 bits per heavy atom. The van der Waals surface area contributed by atoms with Crippen LogP contribution in [0.4, 0.5) is 4.79 Å². The summed E-state index contributed by atoms with van der Waals surface area (Å²) in [6.07, 6.45) is 1.80. The molecule has 0 atom stereocenters. The smallest absolute Gasteiger partial charge is 0.293 e. The Bertz CT molecular complexity index is 1350. The molecule has 172 valence electrons. The average Bonchev–Trinajstić information content (AvgIpc) is 3.22. The molecule has 0 radical (unpaired) electrons. The Hall–Kier alpha value is -3.56. The van der Waals surface area contributed by atoms with Gasteiger partial charge in [-0.2, -0.15) is 5.26 Å². The molecular formula is C28H27N3O2S. The standard InChI is InChI=1S/C28H27N3O2S/c1-18-14-22(19(2)31(18)24-12-10-23(11-13-24)28(3,4)5)15-25-26(32)30(27(33)34-25)17-21-9-7-6-8-20(21)16-29/h6-15H,17H2,1-5H3/b25-15+. The molecule has 3 aromatic rings. The second-order valence-electron chi connectivity index (χ2n) is 9.50. The van der Waals surface area contributed by atoms with E-state index < -0.39 is 0 Å². The van der Waals surface area contributed by atoms with Crippen LogP contribution >= 0.6 is 11.8 Å². The minimum Gasteiger partial charge on any atom is -0.318 e. The van der Waals surface area contributed by atoms with E-state index in [0.29, 0.717) is 16.0 Å². The van der Waals surface area contributed by atoms with Gasteiger partial charge in [-0.3, -0.25) is 14.5 Å². The van der Waals surface area contributed by atoms with Gasteiger partial charge in [0, 0.05) is 17.1 Å². The Morgan fingerprint density at radius 1 is 1.03 bits per heavy atom. The molecule has 0 spiro atoms. The maximum absolute atomic E-state index is 13.1. The minimum atomic E-state index is -0.331. The van der Waals surface area contributed by atoms with Gasteiger partial charge in [0.15, 0.2) is 0 Å². The molecule has 0 bridgehead atoms. The largest absolute Gasteiger partial charge is 0.318 e. The molecule has 2 aromatic carbocycles. The predicted octanol–water partition coefficient (Wildman–Crippen LogP) is 6.50. The molecule has 1 aliphatic heterocycles. The number of thioether (sulfide) groups is 1. The summed E-state index contributed by atoms with van der Waals surface area (Å²) in [7, 11) is 0. The fourth-order valence-corrected chi connectivity index (χ4v) is 4.99. The van der Waals surface area contributed by atoms with Crippen LogP contribution in [0, 0.1) is 25.2 Å². The van der Waals surface area contributed by atoms with Crippen molar-refractivity contribution in [1.29, 1.82) is 5.26 Å². The molecule has 0 aliphatic carbocycles. The van der Waals surface area contributed by atoms with Gasteiger partial charge in [-0.15, -0.1) is 0 Å². The van der Waals surface area contributed by atoms with Gasteiger partial charge in [0.05, 0.1) is 23.1 Å². The summed E-state index contributed by atoms with van der Waals surface area (Å²) in [5.74, 6) is -0.331. The number of benzene rings is 2. The third kappa shape index (κ3) is 4.44. The Balaban J connectivity index is 1.62. The summed E-state index contributed by atoms with van der Waals surface area (Å²) >= 11 is 0.940. The van der Waals surface area contributed by atoms with Gasteiger partial charge in [0.25, 0.3) is 11.1 Å². The van der Waals surface area contributed by atoms with Crippen LogP contribution in [-0.4, -0.2) is 20.6 Å². The van der Waals surface area contributed by atoms with Crippen LogP contribution in [0.1, 0.15) is 54.4 Å². The van der Waals surface area contributed by atoms with Crippen molar-refractivity contribution in [2.45, 2.75) is 46.6 Å². The monoisotopic (exact) mass is 469 g/mol. The summed E-state index contributed by atoms with van der Waals surface area (Å²) in [6.45, 7) is 10.7. The van der Waals surface area contributed by atoms with Crippen LogP contribution in [0.5, 0.6) is 0 Å². The summed E-state index contributed by atoms with van der Waals surface area (Å²) in [6, 6.07) is 19.7. The minimum absolute atomic E-state index is 0.0844. The molecule has 0 saturated carbocycles. The van der Waals surface area contributed by atoms with Crippen LogP contribution in [0.25, 0.3) is 11.8 Å². The fourth-order valence-electron chi connectivity index (χ4n) is 4.16. The molecule has 5 nitrogen and oxygen atoms in total. The van der Waals surface area contributed by atoms with Crippen molar-refractivity contribution in [3.05, 3.63) is 93.1 Å². The van der Waals surface area contributed by atoms with Gasteiger partial charge in [-0.1, -0.05) is 51.1 Å². The summed E-state index contributed by atoms with van der Waals surface area (Å²) < 4.78 is 2.16. The molecule has 1 aliphatic rings. The molecule has 1 aromatic heterocycles. The molecule has 0 unspecified atom stereocenters. The quantitative estimate of drug-likeness (QED) is 0.409. The maximum atomic E-state index is 13.1. The number of carbonyl (C=O) groups excluding carboxylic acids is 2. The lowest BCUT2D eigenvalue weighted by molar-refractivity contribution is -0.123. The zero-order chi connectivity index (χ0) is 24.6. The van der Waals surface area contributed by atoms with E-state index in [0.717, 1.165) is 34.4 Å². The molecular weight excluding hydrogens is 442 g/mol. The van der Waals surface area contributed by atoms with E-state index in [4.69, 9.17) is 0 Å². The average molecular weight is 470 g/mol. The van der Waals surface area contributed by atoms with E-state index in [-0.39, 0.29) is 23.1 Å². The highest BCUT2D eigenvalue weighted by Gasteiger charge is 2.35. The Kier molecular flexibility index (Phi) is 6.24. The van der Waals surface area contributed by atoms with Gasteiger partial charge in [0.2, 0.25) is 0 Å². The fraction of sp³-hybridized carbons (Fsp3) is 0.250. The van der Waals surface area contributed by atoms with E-state index >= 15 is 0 Å². The molecule has 0 N–H and O–H groups in total. The van der Waals surface area contributed by atoms with Crippen molar-refractivity contribution < 1.29 is 9.59 Å². The Labute approximate surface area is 204 Å². The zero-order valence-corrected chi connectivity index (χ0v) is 20.9. The van der Waals surface area contributed by atoms with Crippen molar-refractivity contribution in [2.24, 2.45) is 0 Å². The van der Waals surface area contributed by atoms with Crippen LogP contribution in [0.3, 0.4) is 0 Å². The van der Waals surface area contributed by atoms with E-state index in [1.165, 1.54) is 10.5 Å². The van der Waals surface area contributed by atoms with Crippen molar-refractivity contribution in [2.75, 3.05) is 0 Å². The number of hydrogen-bond acceptors (Lipinski definition) is 4. The van der Waals surface area contributed by atoms with Crippen molar-refractivity contribution in [3.8, 4) is 11.8 Å². The van der Waals surface area contributed by atoms with E-state index in [9.17, 15) is 14.9 Å². The third-order valence-corrected chi connectivity index (χ3v) is 7.00. The lowest BCUT2D eigenvalue weighted by Crippen LogP contribution is -2.27. The number of rotatable bonds is 4. The van der Waals surface area contributed by atoms with Gasteiger partial charge in [0.1, 0.15) is 0 Å². The summed E-state index contributed by atoms with van der Waals surface area (Å²) in [5.41, 5.74) is 6.49. The normalized spacial score (nSPS) is 15.3. The first-order valence-electron chi connectivity index (χ1n) is 11.1. The highest BCUT2D eigenvalue weighted by molar-refractivity contribution is 8.18. The van der Waals surface area contributed by atoms with Crippen molar-refractivity contribution in [3.63, 3.8) is 0 Å². The van der Waals surface area contributed by atoms with Crippen molar-refractivity contribution >= 4 is 29.0 Å². The zero-order valence-electron chi connectivity index (χ0n) is 20.0. The first-order chi connectivity index (χ1) is 16.1. The number of carbonyl (C=O) groups is 2. The van der Waals surface area contributed by atoms with Gasteiger partial charge in [-0.05, 0) is 78.1 Å². The first kappa shape index (κ1) is 23.6. The molecule has 4 rings (SSSR count). The number of aromatic nitrogens is 1. The molecule has 2 heterocycles. The number of hydrogen-bond donors (Lipinski definition) is 0. The van der Waals surface area contributed by atoms with Gasteiger partial charge < -0.3 is 4.57 Å². The number of imide groups is 1. The van der Waals surface area contributed by atoms with Crippen LogP contribution < -0.4 is 0 Å². The lowest BCUT2D eigenvalue weighted by atomic mass is 9.87. The second kappa shape index (κ2) is 9.00. The molecule has 1 fully saturated rings. The number of amides is 2. The molecule has 2 amide bonds. The topological polar surface area (TPSA) is 66.1 Å². The maximum Gasteiger partial charge on any atom is 0.293 e. The number of nitrogens with zero attached hydrogens (tertiary/aromatic N) is 3. The van der Waals surface area contributed by atoms with Crippen LogP contribution in [0.2, 0.25) is 0 Å². The molecule has 34 heavy (non-hydrogen) atoms. The van der Waals surface area contributed by atoms with Gasteiger partial charge >= 0.3 is 0 Å². The molecule has 1 saturated heterocycles.